The molecule has 1 aromatic heterocycles. The number of carbonyl (C=O) groups is 1. The van der Waals surface area contributed by atoms with Crippen LogP contribution in [0.5, 0.6) is 23.0 Å². The van der Waals surface area contributed by atoms with Gasteiger partial charge in [0.05, 0.1) is 34.0 Å². The van der Waals surface area contributed by atoms with Gasteiger partial charge in [-0.2, -0.15) is 0 Å². The molecule has 0 fully saturated rings. The fourth-order valence-corrected chi connectivity index (χ4v) is 3.10. The summed E-state index contributed by atoms with van der Waals surface area (Å²) in [6.07, 6.45) is 6.34. The van der Waals surface area contributed by atoms with Gasteiger partial charge in [-0.25, -0.2) is 4.79 Å². The van der Waals surface area contributed by atoms with E-state index in [2.05, 4.69) is 0 Å². The molecule has 3 rings (SSSR count). The van der Waals surface area contributed by atoms with Crippen molar-refractivity contribution in [1.82, 2.24) is 0 Å². The largest absolute Gasteiger partial charge is 0.493 e. The van der Waals surface area contributed by atoms with Gasteiger partial charge in [0, 0.05) is 6.07 Å². The molecule has 0 N–H and O–H groups in total. The van der Waals surface area contributed by atoms with Gasteiger partial charge in [-0.05, 0) is 53.6 Å². The van der Waals surface area contributed by atoms with E-state index in [0.717, 1.165) is 11.1 Å². The van der Waals surface area contributed by atoms with Crippen molar-refractivity contribution in [3.8, 4) is 23.0 Å². The zero-order chi connectivity index (χ0) is 23.8. The number of carbonyl (C=O) groups excluding carboxylic acids is 1. The van der Waals surface area contributed by atoms with Crippen molar-refractivity contribution in [1.29, 1.82) is 0 Å². The van der Waals surface area contributed by atoms with Crippen LogP contribution >= 0.6 is 0 Å². The van der Waals surface area contributed by atoms with Crippen LogP contribution in [0.2, 0.25) is 0 Å². The van der Waals surface area contributed by atoms with Crippen LogP contribution in [0.15, 0.2) is 63.8 Å². The summed E-state index contributed by atoms with van der Waals surface area (Å²) in [6.45, 7) is 0. The summed E-state index contributed by atoms with van der Waals surface area (Å²) in [5.41, 5.74) is 1.23. The maximum absolute atomic E-state index is 12.8. The van der Waals surface area contributed by atoms with Crippen LogP contribution in [0.1, 0.15) is 27.2 Å². The standard InChI is InChI=1S/C26H24O7/c1-29-22-12-7-17(15-24(22)31-3)5-10-20(27)19-9-14-26(28)33-21(19)11-6-18-8-13-23(30-2)25(16-18)32-4/h5-16H,1-4H3/b10-5+,11-6+. The molecule has 3 aromatic rings. The Kier molecular flexibility index (Phi) is 7.70. The lowest BCUT2D eigenvalue weighted by Crippen LogP contribution is -2.04. The average molecular weight is 448 g/mol. The van der Waals surface area contributed by atoms with E-state index in [4.69, 9.17) is 23.4 Å². The van der Waals surface area contributed by atoms with Crippen molar-refractivity contribution in [3.63, 3.8) is 0 Å². The Morgan fingerprint density at radius 1 is 0.697 bits per heavy atom. The van der Waals surface area contributed by atoms with E-state index < -0.39 is 5.63 Å². The van der Waals surface area contributed by atoms with Crippen molar-refractivity contribution in [2.45, 2.75) is 0 Å². The number of allylic oxidation sites excluding steroid dienone is 1. The van der Waals surface area contributed by atoms with Gasteiger partial charge in [0.1, 0.15) is 5.76 Å². The highest BCUT2D eigenvalue weighted by molar-refractivity contribution is 6.08. The third-order valence-electron chi connectivity index (χ3n) is 4.80. The molecule has 0 unspecified atom stereocenters. The molecule has 33 heavy (non-hydrogen) atoms. The Bertz CT molecular complexity index is 1250. The molecule has 0 aliphatic carbocycles. The number of rotatable bonds is 9. The second-order valence-electron chi connectivity index (χ2n) is 6.79. The predicted octanol–water partition coefficient (Wildman–Crippen LogP) is 4.74. The quantitative estimate of drug-likeness (QED) is 0.345. The SMILES string of the molecule is COc1ccc(/C=C/C(=O)c2ccc(=O)oc2/C=C/c2ccc(OC)c(OC)c2)cc1OC. The monoisotopic (exact) mass is 448 g/mol. The minimum atomic E-state index is -0.553. The Morgan fingerprint density at radius 2 is 1.24 bits per heavy atom. The smallest absolute Gasteiger partial charge is 0.336 e. The topological polar surface area (TPSA) is 84.2 Å². The number of methoxy groups -OCH3 is 4. The van der Waals surface area contributed by atoms with E-state index in [1.807, 2.05) is 6.07 Å². The first-order chi connectivity index (χ1) is 16.0. The highest BCUT2D eigenvalue weighted by Crippen LogP contribution is 2.29. The molecule has 7 nitrogen and oxygen atoms in total. The fourth-order valence-electron chi connectivity index (χ4n) is 3.10. The maximum Gasteiger partial charge on any atom is 0.336 e. The molecule has 0 radical (unpaired) electrons. The molecule has 0 atom stereocenters. The van der Waals surface area contributed by atoms with Gasteiger partial charge in [0.2, 0.25) is 0 Å². The van der Waals surface area contributed by atoms with E-state index >= 15 is 0 Å². The van der Waals surface area contributed by atoms with Gasteiger partial charge in [-0.3, -0.25) is 4.79 Å². The number of ketones is 1. The number of benzene rings is 2. The van der Waals surface area contributed by atoms with Crippen molar-refractivity contribution in [3.05, 3.63) is 87.5 Å². The Labute approximate surface area is 191 Å². The lowest BCUT2D eigenvalue weighted by molar-refractivity contribution is 0.104. The summed E-state index contributed by atoms with van der Waals surface area (Å²) < 4.78 is 26.3. The van der Waals surface area contributed by atoms with Crippen molar-refractivity contribution in [2.75, 3.05) is 28.4 Å². The zero-order valence-electron chi connectivity index (χ0n) is 18.8. The fraction of sp³-hybridized carbons (Fsp3) is 0.154. The van der Waals surface area contributed by atoms with E-state index in [-0.39, 0.29) is 17.1 Å². The van der Waals surface area contributed by atoms with Gasteiger partial charge >= 0.3 is 5.63 Å². The molecule has 0 aliphatic heterocycles. The van der Waals surface area contributed by atoms with E-state index in [1.165, 1.54) is 18.2 Å². The number of ether oxygens (including phenoxy) is 4. The Hall–Kier alpha value is -4.26. The molecule has 2 aromatic carbocycles. The van der Waals surface area contributed by atoms with Crippen LogP contribution < -0.4 is 24.6 Å². The molecule has 170 valence electrons. The van der Waals surface area contributed by atoms with Crippen LogP contribution in [-0.2, 0) is 0 Å². The first-order valence-electron chi connectivity index (χ1n) is 9.97. The minimum absolute atomic E-state index is 0.152. The average Bonchev–Trinajstić information content (AvgIpc) is 2.85. The first-order valence-corrected chi connectivity index (χ1v) is 9.97. The van der Waals surface area contributed by atoms with E-state index in [9.17, 15) is 9.59 Å². The Morgan fingerprint density at radius 3 is 1.79 bits per heavy atom. The summed E-state index contributed by atoms with van der Waals surface area (Å²) in [6, 6.07) is 13.3. The molecular formula is C26H24O7. The third kappa shape index (κ3) is 5.71. The molecule has 0 saturated carbocycles. The summed E-state index contributed by atoms with van der Waals surface area (Å²) in [7, 11) is 6.19. The summed E-state index contributed by atoms with van der Waals surface area (Å²) in [5, 5.41) is 0. The van der Waals surface area contributed by atoms with Gasteiger partial charge in [0.15, 0.2) is 28.8 Å². The molecule has 7 heteroatoms. The molecule has 0 spiro atoms. The molecule has 0 bridgehead atoms. The maximum atomic E-state index is 12.8. The molecule has 0 saturated heterocycles. The summed E-state index contributed by atoms with van der Waals surface area (Å²) in [4.78, 5) is 24.6. The van der Waals surface area contributed by atoms with Crippen LogP contribution in [0, 0.1) is 0 Å². The van der Waals surface area contributed by atoms with Gasteiger partial charge in [-0.15, -0.1) is 0 Å². The highest BCUT2D eigenvalue weighted by Gasteiger charge is 2.11. The second kappa shape index (κ2) is 10.9. The lowest BCUT2D eigenvalue weighted by Gasteiger charge is -2.08. The van der Waals surface area contributed by atoms with Crippen LogP contribution in [0.25, 0.3) is 18.2 Å². The zero-order valence-corrected chi connectivity index (χ0v) is 18.8. The minimum Gasteiger partial charge on any atom is -0.493 e. The van der Waals surface area contributed by atoms with Crippen LogP contribution in [0.3, 0.4) is 0 Å². The predicted molar refractivity (Wildman–Crippen MR) is 126 cm³/mol. The molecule has 1 heterocycles. The Balaban J connectivity index is 1.88. The first kappa shape index (κ1) is 23.4. The van der Waals surface area contributed by atoms with Gasteiger partial charge in [0.25, 0.3) is 0 Å². The second-order valence-corrected chi connectivity index (χ2v) is 6.79. The van der Waals surface area contributed by atoms with E-state index in [0.29, 0.717) is 23.0 Å². The highest BCUT2D eigenvalue weighted by atomic mass is 16.5. The van der Waals surface area contributed by atoms with Crippen LogP contribution in [-0.4, -0.2) is 34.2 Å². The molecule has 0 aliphatic rings. The van der Waals surface area contributed by atoms with Crippen molar-refractivity contribution < 1.29 is 28.2 Å². The van der Waals surface area contributed by atoms with E-state index in [1.54, 1.807) is 77.0 Å². The lowest BCUT2D eigenvalue weighted by atomic mass is 10.1. The third-order valence-corrected chi connectivity index (χ3v) is 4.80. The summed E-state index contributed by atoms with van der Waals surface area (Å²) >= 11 is 0. The summed E-state index contributed by atoms with van der Waals surface area (Å²) in [5.74, 6) is 2.13. The molecule has 0 amide bonds. The van der Waals surface area contributed by atoms with Crippen molar-refractivity contribution in [2.24, 2.45) is 0 Å². The van der Waals surface area contributed by atoms with Crippen molar-refractivity contribution >= 4 is 24.0 Å². The van der Waals surface area contributed by atoms with Gasteiger partial charge < -0.3 is 23.4 Å². The van der Waals surface area contributed by atoms with Gasteiger partial charge in [-0.1, -0.05) is 24.3 Å². The van der Waals surface area contributed by atoms with Crippen LogP contribution in [0.4, 0.5) is 0 Å². The number of hydrogen-bond acceptors (Lipinski definition) is 7. The number of hydrogen-bond donors (Lipinski definition) is 0. The normalized spacial score (nSPS) is 11.0. The molecular weight excluding hydrogens is 424 g/mol.